The topological polar surface area (TPSA) is 72.2 Å². The summed E-state index contributed by atoms with van der Waals surface area (Å²) in [6.45, 7) is 0. The number of thiophene rings is 1. The first-order valence-corrected chi connectivity index (χ1v) is 9.85. The normalized spacial score (nSPS) is 12.4. The molecule has 2 aromatic carbocycles. The van der Waals surface area contributed by atoms with Gasteiger partial charge in [-0.05, 0) is 47.8 Å². The van der Waals surface area contributed by atoms with Crippen LogP contribution in [0.15, 0.2) is 60.0 Å². The van der Waals surface area contributed by atoms with Gasteiger partial charge in [0, 0.05) is 33.6 Å². The molecule has 0 bridgehead atoms. The fourth-order valence-electron chi connectivity index (χ4n) is 2.86. The van der Waals surface area contributed by atoms with Crippen molar-refractivity contribution in [3.8, 4) is 0 Å². The molecule has 5 nitrogen and oxygen atoms in total. The molecule has 0 amide bonds. The van der Waals surface area contributed by atoms with Crippen molar-refractivity contribution >= 4 is 40.1 Å². The number of anilines is 1. The van der Waals surface area contributed by atoms with E-state index in [0.717, 1.165) is 10.9 Å². The van der Waals surface area contributed by atoms with E-state index in [4.69, 9.17) is 11.6 Å². The highest BCUT2D eigenvalue weighted by molar-refractivity contribution is 7.10. The Morgan fingerprint density at radius 3 is 2.43 bits per heavy atom. The van der Waals surface area contributed by atoms with Crippen molar-refractivity contribution in [2.45, 2.75) is 18.6 Å². The third-order valence-corrected chi connectivity index (χ3v) is 5.52. The van der Waals surface area contributed by atoms with E-state index < -0.39 is 28.4 Å². The van der Waals surface area contributed by atoms with Crippen LogP contribution in [0.2, 0.25) is 5.02 Å². The number of carbonyl (C=O) groups is 1. The molecule has 0 radical (unpaired) electrons. The molecule has 30 heavy (non-hydrogen) atoms. The summed E-state index contributed by atoms with van der Waals surface area (Å²) >= 11 is 7.18. The van der Waals surface area contributed by atoms with Gasteiger partial charge in [0.2, 0.25) is 0 Å². The van der Waals surface area contributed by atoms with Crippen LogP contribution in [-0.2, 0) is 6.18 Å². The monoisotopic (exact) mass is 454 g/mol. The summed E-state index contributed by atoms with van der Waals surface area (Å²) in [5, 5.41) is 16.1. The molecule has 0 fully saturated rings. The first-order chi connectivity index (χ1) is 14.1. The van der Waals surface area contributed by atoms with Crippen molar-refractivity contribution in [3.63, 3.8) is 0 Å². The van der Waals surface area contributed by atoms with Crippen molar-refractivity contribution in [2.24, 2.45) is 0 Å². The third kappa shape index (κ3) is 5.17. The second kappa shape index (κ2) is 8.85. The average Bonchev–Trinajstić information content (AvgIpc) is 3.22. The van der Waals surface area contributed by atoms with Crippen LogP contribution >= 0.6 is 22.9 Å². The third-order valence-electron chi connectivity index (χ3n) is 4.28. The molecule has 0 saturated carbocycles. The van der Waals surface area contributed by atoms with Gasteiger partial charge in [-0.2, -0.15) is 13.2 Å². The lowest BCUT2D eigenvalue weighted by molar-refractivity contribution is -0.388. The Morgan fingerprint density at radius 1 is 1.17 bits per heavy atom. The summed E-state index contributed by atoms with van der Waals surface area (Å²) in [7, 11) is 0. The van der Waals surface area contributed by atoms with Gasteiger partial charge in [0.1, 0.15) is 5.56 Å². The average molecular weight is 455 g/mol. The van der Waals surface area contributed by atoms with E-state index in [1.54, 1.807) is 41.8 Å². The molecule has 156 valence electrons. The fourth-order valence-corrected chi connectivity index (χ4v) is 3.77. The number of hydrogen-bond acceptors (Lipinski definition) is 5. The number of nitrogens with one attached hydrogen (secondary N) is 1. The maximum Gasteiger partial charge on any atom is 0.423 e. The minimum atomic E-state index is -4.89. The molecular weight excluding hydrogens is 441 g/mol. The van der Waals surface area contributed by atoms with E-state index in [0.29, 0.717) is 16.7 Å². The molecule has 1 aromatic heterocycles. The van der Waals surface area contributed by atoms with Crippen LogP contribution in [-0.4, -0.2) is 10.7 Å². The molecule has 10 heteroatoms. The Bertz CT molecular complexity index is 1050. The summed E-state index contributed by atoms with van der Waals surface area (Å²) in [5.41, 5.74) is -1.94. The molecule has 3 rings (SSSR count). The largest absolute Gasteiger partial charge is 0.423 e. The van der Waals surface area contributed by atoms with Gasteiger partial charge in [0.15, 0.2) is 5.78 Å². The van der Waals surface area contributed by atoms with Crippen LogP contribution in [0.1, 0.15) is 33.3 Å². The molecule has 0 saturated heterocycles. The highest BCUT2D eigenvalue weighted by Gasteiger charge is 2.38. The molecule has 0 spiro atoms. The number of benzene rings is 2. The SMILES string of the molecule is O=C(CC(Nc1ccc([N+](=O)[O-])c(C(F)(F)F)c1)c1cccs1)c1ccc(Cl)cc1. The van der Waals surface area contributed by atoms with Gasteiger partial charge in [-0.15, -0.1) is 11.3 Å². The lowest BCUT2D eigenvalue weighted by Crippen LogP contribution is -2.16. The second-order valence-electron chi connectivity index (χ2n) is 6.33. The molecule has 1 atom stereocenters. The number of nitro groups is 1. The number of nitro benzene ring substituents is 1. The lowest BCUT2D eigenvalue weighted by Gasteiger charge is -2.19. The number of halogens is 4. The number of rotatable bonds is 7. The highest BCUT2D eigenvalue weighted by atomic mass is 35.5. The molecule has 0 aliphatic carbocycles. The molecule has 3 aromatic rings. The number of ketones is 1. The summed E-state index contributed by atoms with van der Waals surface area (Å²) in [6, 6.07) is 11.9. The van der Waals surface area contributed by atoms with E-state index in [-0.39, 0.29) is 17.9 Å². The van der Waals surface area contributed by atoms with Gasteiger partial charge >= 0.3 is 6.18 Å². The molecule has 1 heterocycles. The van der Waals surface area contributed by atoms with Gasteiger partial charge in [-0.1, -0.05) is 17.7 Å². The van der Waals surface area contributed by atoms with Crippen molar-refractivity contribution in [1.82, 2.24) is 0 Å². The molecular formula is C20H14ClF3N2O3S. The van der Waals surface area contributed by atoms with Crippen LogP contribution in [0.3, 0.4) is 0 Å². The molecule has 0 aliphatic heterocycles. The first kappa shape index (κ1) is 21.8. The highest BCUT2D eigenvalue weighted by Crippen LogP contribution is 2.38. The van der Waals surface area contributed by atoms with Gasteiger partial charge in [0.05, 0.1) is 11.0 Å². The Hall–Kier alpha value is -2.91. The van der Waals surface area contributed by atoms with Crippen LogP contribution in [0.4, 0.5) is 24.5 Å². The molecule has 1 N–H and O–H groups in total. The van der Waals surface area contributed by atoms with Crippen LogP contribution in [0, 0.1) is 10.1 Å². The zero-order chi connectivity index (χ0) is 21.9. The standard InChI is InChI=1S/C20H14ClF3N2O3S/c21-13-5-3-12(4-6-13)18(27)11-16(19-2-1-9-30-19)25-14-7-8-17(26(28)29)15(10-14)20(22,23)24/h1-10,16,25H,11H2. The fraction of sp³-hybridized carbons (Fsp3) is 0.150. The zero-order valence-electron chi connectivity index (χ0n) is 15.2. The maximum atomic E-state index is 13.3. The summed E-state index contributed by atoms with van der Waals surface area (Å²) in [4.78, 5) is 23.3. The van der Waals surface area contributed by atoms with Crippen molar-refractivity contribution in [3.05, 3.63) is 91.1 Å². The van der Waals surface area contributed by atoms with Crippen LogP contribution in [0.5, 0.6) is 0 Å². The van der Waals surface area contributed by atoms with E-state index in [2.05, 4.69) is 5.32 Å². The molecule has 1 unspecified atom stereocenters. The van der Waals surface area contributed by atoms with Crippen molar-refractivity contribution in [2.75, 3.05) is 5.32 Å². The minimum Gasteiger partial charge on any atom is -0.377 e. The van der Waals surface area contributed by atoms with E-state index in [9.17, 15) is 28.1 Å². The van der Waals surface area contributed by atoms with Crippen LogP contribution in [0.25, 0.3) is 0 Å². The number of hydrogen-bond donors (Lipinski definition) is 1. The van der Waals surface area contributed by atoms with E-state index in [1.807, 2.05) is 0 Å². The minimum absolute atomic E-state index is 0.0234. The summed E-state index contributed by atoms with van der Waals surface area (Å²) in [5.74, 6) is -0.226. The smallest absolute Gasteiger partial charge is 0.377 e. The van der Waals surface area contributed by atoms with E-state index >= 15 is 0 Å². The number of Topliss-reactive ketones (excluding diaryl/α,β-unsaturated/α-hetero) is 1. The van der Waals surface area contributed by atoms with Crippen LogP contribution < -0.4 is 5.32 Å². The zero-order valence-corrected chi connectivity index (χ0v) is 16.7. The van der Waals surface area contributed by atoms with Gasteiger partial charge in [0.25, 0.3) is 5.69 Å². The number of nitrogens with zero attached hydrogens (tertiary/aromatic N) is 1. The lowest BCUT2D eigenvalue weighted by atomic mass is 10.0. The quantitative estimate of drug-likeness (QED) is 0.243. The maximum absolute atomic E-state index is 13.3. The molecule has 0 aliphatic rings. The van der Waals surface area contributed by atoms with Gasteiger partial charge in [-0.3, -0.25) is 14.9 Å². The Kier molecular flexibility index (Phi) is 6.42. The van der Waals surface area contributed by atoms with Crippen molar-refractivity contribution < 1.29 is 22.9 Å². The number of carbonyl (C=O) groups excluding carboxylic acids is 1. The van der Waals surface area contributed by atoms with Gasteiger partial charge < -0.3 is 5.32 Å². The van der Waals surface area contributed by atoms with Gasteiger partial charge in [-0.25, -0.2) is 0 Å². The first-order valence-electron chi connectivity index (χ1n) is 8.59. The summed E-state index contributed by atoms with van der Waals surface area (Å²) < 4.78 is 39.8. The Labute approximate surface area is 178 Å². The predicted octanol–water partition coefficient (Wildman–Crippen LogP) is 6.75. The second-order valence-corrected chi connectivity index (χ2v) is 7.75. The van der Waals surface area contributed by atoms with Crippen molar-refractivity contribution in [1.29, 1.82) is 0 Å². The Balaban J connectivity index is 1.90. The number of alkyl halides is 3. The Morgan fingerprint density at radius 2 is 1.87 bits per heavy atom. The predicted molar refractivity (Wildman–Crippen MR) is 109 cm³/mol. The summed E-state index contributed by atoms with van der Waals surface area (Å²) in [6.07, 6.45) is -4.92. The van der Waals surface area contributed by atoms with E-state index in [1.165, 1.54) is 17.4 Å².